The first kappa shape index (κ1) is 46.9. The standard InChI is InChI=1S/C46H54BrF3N9O4P/c1-6-28-22-36(56-46-53-25-32(47)44(58-46)55-37-23-35(50)42-31(9-8-26(3)54-42)43(37)64(4,5)62)39(63-7-2)24-38(28)59-18-13-29(14-19-59)52-17-16-51-15-12-27-20-33(48)41(34(49)21-27)30-10-11-40(60)57-45(30)61/h8-9,20-25,29-30,51-52H,6-7,10-19H2,1-5H3,(H,57,60,61)(H2,53,55,56,58)/t30-/m1/s1. The van der Waals surface area contributed by atoms with Crippen LogP contribution < -0.4 is 41.5 Å². The third kappa shape index (κ3) is 10.9. The van der Waals surface area contributed by atoms with E-state index < -0.39 is 42.3 Å². The molecule has 0 radical (unpaired) electrons. The number of imide groups is 1. The lowest BCUT2D eigenvalue weighted by Crippen LogP contribution is -2.44. The molecule has 3 aromatic carbocycles. The highest BCUT2D eigenvalue weighted by molar-refractivity contribution is 9.10. The first-order valence-corrected chi connectivity index (χ1v) is 25.0. The maximum absolute atomic E-state index is 15.4. The Morgan fingerprint density at radius 3 is 2.36 bits per heavy atom. The van der Waals surface area contributed by atoms with Gasteiger partial charge in [-0.2, -0.15) is 4.98 Å². The van der Waals surface area contributed by atoms with Crippen molar-refractivity contribution in [2.45, 2.75) is 71.3 Å². The second-order valence-electron chi connectivity index (χ2n) is 16.6. The lowest BCUT2D eigenvalue weighted by atomic mass is 9.89. The van der Waals surface area contributed by atoms with E-state index in [0.717, 1.165) is 50.1 Å². The number of fused-ring (bicyclic) bond motifs is 1. The molecule has 0 saturated carbocycles. The molecule has 1 atom stereocenters. The number of aromatic nitrogens is 3. The van der Waals surface area contributed by atoms with Gasteiger partial charge in [0.1, 0.15) is 35.9 Å². The molecule has 2 aliphatic heterocycles. The summed E-state index contributed by atoms with van der Waals surface area (Å²) in [6, 6.07) is 11.9. The summed E-state index contributed by atoms with van der Waals surface area (Å²) in [7, 11) is -2.93. The quantitative estimate of drug-likeness (QED) is 0.0346. The number of carbonyl (C=O) groups is 2. The Morgan fingerprint density at radius 1 is 0.922 bits per heavy atom. The average molecular weight is 965 g/mol. The Balaban J connectivity index is 0.944. The van der Waals surface area contributed by atoms with Crippen molar-refractivity contribution in [2.24, 2.45) is 0 Å². The fourth-order valence-electron chi connectivity index (χ4n) is 8.47. The Kier molecular flexibility index (Phi) is 14.9. The van der Waals surface area contributed by atoms with Crippen LogP contribution in [0.1, 0.15) is 67.8 Å². The van der Waals surface area contributed by atoms with Crippen LogP contribution in [0.4, 0.5) is 42.0 Å². The molecule has 2 fully saturated rings. The van der Waals surface area contributed by atoms with Gasteiger partial charge in [-0.3, -0.25) is 19.9 Å². The van der Waals surface area contributed by atoms with E-state index in [-0.39, 0.29) is 29.9 Å². The van der Waals surface area contributed by atoms with Crippen molar-refractivity contribution in [3.63, 3.8) is 0 Å². The number of amides is 2. The normalized spacial score (nSPS) is 16.0. The van der Waals surface area contributed by atoms with Crippen LogP contribution in [0.3, 0.4) is 0 Å². The summed E-state index contributed by atoms with van der Waals surface area (Å²) in [6.07, 6.45) is 4.81. The number of aryl methyl sites for hydroxylation is 2. The van der Waals surface area contributed by atoms with Crippen LogP contribution in [0.5, 0.6) is 5.75 Å². The number of ether oxygens (including phenoxy) is 1. The highest BCUT2D eigenvalue weighted by atomic mass is 79.9. The van der Waals surface area contributed by atoms with Gasteiger partial charge in [0.25, 0.3) is 0 Å². The lowest BCUT2D eigenvalue weighted by Gasteiger charge is -2.35. The number of rotatable bonds is 17. The van der Waals surface area contributed by atoms with Crippen LogP contribution in [0.2, 0.25) is 0 Å². The second kappa shape index (κ2) is 20.4. The molecule has 18 heteroatoms. The minimum Gasteiger partial charge on any atom is -0.492 e. The van der Waals surface area contributed by atoms with E-state index in [9.17, 15) is 22.9 Å². The molecule has 0 unspecified atom stereocenters. The minimum atomic E-state index is -2.93. The van der Waals surface area contributed by atoms with Gasteiger partial charge < -0.3 is 35.5 Å². The molecular weight excluding hydrogens is 910 g/mol. The van der Waals surface area contributed by atoms with Gasteiger partial charge in [0, 0.05) is 84.6 Å². The van der Waals surface area contributed by atoms with Crippen molar-refractivity contribution in [3.8, 4) is 5.75 Å². The van der Waals surface area contributed by atoms with Gasteiger partial charge in [0.15, 0.2) is 5.82 Å². The first-order valence-electron chi connectivity index (χ1n) is 21.7. The van der Waals surface area contributed by atoms with Crippen LogP contribution in [0, 0.1) is 24.4 Å². The van der Waals surface area contributed by atoms with Gasteiger partial charge in [0.05, 0.1) is 28.4 Å². The molecule has 0 bridgehead atoms. The number of hydrogen-bond acceptors (Lipinski definition) is 12. The molecule has 5 aromatic rings. The van der Waals surface area contributed by atoms with Crippen LogP contribution >= 0.6 is 23.1 Å². The summed E-state index contributed by atoms with van der Waals surface area (Å²) >= 11 is 3.53. The Bertz CT molecular complexity index is 2580. The predicted octanol–water partition coefficient (Wildman–Crippen LogP) is 8.12. The molecule has 7 rings (SSSR count). The van der Waals surface area contributed by atoms with E-state index in [0.29, 0.717) is 81.5 Å². The van der Waals surface area contributed by atoms with Gasteiger partial charge in [-0.05, 0) is 117 Å². The first-order chi connectivity index (χ1) is 30.6. The van der Waals surface area contributed by atoms with E-state index in [4.69, 9.17) is 9.72 Å². The number of anilines is 5. The van der Waals surface area contributed by atoms with Gasteiger partial charge in [0.2, 0.25) is 17.8 Å². The molecule has 0 spiro atoms. The molecule has 5 N–H and O–H groups in total. The number of piperidine rings is 2. The highest BCUT2D eigenvalue weighted by Gasteiger charge is 2.33. The van der Waals surface area contributed by atoms with Crippen molar-refractivity contribution < 1.29 is 32.1 Å². The Morgan fingerprint density at radius 2 is 1.67 bits per heavy atom. The van der Waals surface area contributed by atoms with Crippen molar-refractivity contribution in [2.75, 3.05) is 68.2 Å². The minimum absolute atomic E-state index is 0.0497. The third-order valence-corrected chi connectivity index (χ3v) is 13.7. The molecule has 2 amide bonds. The zero-order chi connectivity index (χ0) is 45.7. The monoisotopic (exact) mass is 963 g/mol. The fraction of sp³-hybridized carbons (Fsp3) is 0.413. The molecule has 2 aliphatic rings. The van der Waals surface area contributed by atoms with Crippen molar-refractivity contribution in [3.05, 3.63) is 93.0 Å². The predicted molar refractivity (Wildman–Crippen MR) is 250 cm³/mol. The molecule has 4 heterocycles. The number of pyridine rings is 1. The van der Waals surface area contributed by atoms with Gasteiger partial charge in [-0.1, -0.05) is 13.0 Å². The maximum Gasteiger partial charge on any atom is 0.234 e. The maximum atomic E-state index is 15.4. The number of hydrogen-bond donors (Lipinski definition) is 5. The molecular formula is C46H54BrF3N9O4P. The summed E-state index contributed by atoms with van der Waals surface area (Å²) in [6.45, 7) is 13.2. The zero-order valence-corrected chi connectivity index (χ0v) is 39.1. The number of halogens is 4. The number of nitrogens with zero attached hydrogens (tertiary/aromatic N) is 4. The van der Waals surface area contributed by atoms with Crippen molar-refractivity contribution in [1.82, 2.24) is 30.9 Å². The SMILES string of the molecule is CCOc1cc(N2CCC(NCCNCCc3cc(F)c([C@H]4CCC(=O)NC4=O)c(F)c3)CC2)c(CC)cc1Nc1ncc(Br)c(Nc2cc(F)c3nc(C)ccc3c2P(C)(C)=O)n1. The van der Waals surface area contributed by atoms with E-state index in [1.807, 2.05) is 6.92 Å². The highest BCUT2D eigenvalue weighted by Crippen LogP contribution is 2.43. The molecule has 0 aliphatic carbocycles. The third-order valence-electron chi connectivity index (χ3n) is 11.6. The van der Waals surface area contributed by atoms with E-state index in [1.165, 1.54) is 18.2 Å². The summed E-state index contributed by atoms with van der Waals surface area (Å²) in [5.41, 5.74) is 4.31. The van der Waals surface area contributed by atoms with Gasteiger partial charge in [-0.15, -0.1) is 0 Å². The van der Waals surface area contributed by atoms with E-state index in [1.54, 1.807) is 38.6 Å². The second-order valence-corrected chi connectivity index (χ2v) is 20.6. The zero-order valence-electron chi connectivity index (χ0n) is 36.6. The van der Waals surface area contributed by atoms with Crippen molar-refractivity contribution >= 4 is 79.9 Å². The molecule has 13 nitrogen and oxygen atoms in total. The topological polar surface area (TPSA) is 162 Å². The summed E-state index contributed by atoms with van der Waals surface area (Å²) in [5, 5.41) is 16.7. The van der Waals surface area contributed by atoms with Crippen LogP contribution in [0.25, 0.3) is 10.9 Å². The molecule has 2 saturated heterocycles. The van der Waals surface area contributed by atoms with E-state index in [2.05, 4.69) is 76.4 Å². The van der Waals surface area contributed by atoms with E-state index >= 15 is 4.39 Å². The average Bonchev–Trinajstić information content (AvgIpc) is 3.24. The van der Waals surface area contributed by atoms with Gasteiger partial charge in [-0.25, -0.2) is 18.2 Å². The van der Waals surface area contributed by atoms with Gasteiger partial charge >= 0.3 is 0 Å². The van der Waals surface area contributed by atoms with Crippen LogP contribution in [-0.2, 0) is 27.0 Å². The van der Waals surface area contributed by atoms with Crippen molar-refractivity contribution in [1.29, 1.82) is 0 Å². The number of benzene rings is 3. The van der Waals surface area contributed by atoms with Crippen LogP contribution in [-0.4, -0.2) is 85.5 Å². The number of nitrogens with one attached hydrogen (secondary N) is 5. The Labute approximate surface area is 379 Å². The lowest BCUT2D eigenvalue weighted by molar-refractivity contribution is -0.134. The smallest absolute Gasteiger partial charge is 0.234 e. The summed E-state index contributed by atoms with van der Waals surface area (Å²) in [4.78, 5) is 39.7. The largest absolute Gasteiger partial charge is 0.492 e. The number of carbonyl (C=O) groups excluding carboxylic acids is 2. The molecule has 340 valence electrons. The molecule has 64 heavy (non-hydrogen) atoms. The fourth-order valence-corrected chi connectivity index (χ4v) is 10.2. The van der Waals surface area contributed by atoms with Crippen LogP contribution in [0.15, 0.2) is 53.1 Å². The summed E-state index contributed by atoms with van der Waals surface area (Å²) < 4.78 is 65.6. The molecule has 2 aromatic heterocycles. The summed E-state index contributed by atoms with van der Waals surface area (Å²) in [5.74, 6) is -2.89. The Hall–Kier alpha value is -5.09.